The van der Waals surface area contributed by atoms with Gasteiger partial charge in [0.15, 0.2) is 6.17 Å². The minimum absolute atomic E-state index is 0.0501. The molecule has 2 N–H and O–H groups in total. The maximum Gasteiger partial charge on any atom is 0.221 e. The lowest BCUT2D eigenvalue weighted by molar-refractivity contribution is -0.121. The van der Waals surface area contributed by atoms with Gasteiger partial charge in [0.05, 0.1) is 0 Å². The molecule has 6 heteroatoms. The maximum atomic E-state index is 12.8. The third-order valence-corrected chi connectivity index (χ3v) is 7.51. The summed E-state index contributed by atoms with van der Waals surface area (Å²) in [5, 5.41) is 6.46. The van der Waals surface area contributed by atoms with Crippen LogP contribution >= 0.6 is 12.2 Å². The second-order valence-electron chi connectivity index (χ2n) is 9.40. The molecule has 0 aromatic heterocycles. The smallest absolute Gasteiger partial charge is 0.221 e. The van der Waals surface area contributed by atoms with Gasteiger partial charge in [-0.3, -0.25) is 4.79 Å². The van der Waals surface area contributed by atoms with Gasteiger partial charge in [-0.2, -0.15) is 0 Å². The molecule has 168 valence electrons. The zero-order valence-corrected chi connectivity index (χ0v) is 19.6. The van der Waals surface area contributed by atoms with Crippen molar-refractivity contribution in [1.82, 2.24) is 10.2 Å². The fourth-order valence-corrected chi connectivity index (χ4v) is 5.52. The molecule has 2 saturated carbocycles. The molecule has 1 amide bonds. The molecule has 2 fully saturated rings. The number of hydrogen-bond donors (Lipinski definition) is 2. The van der Waals surface area contributed by atoms with E-state index in [9.17, 15) is 4.79 Å². The second-order valence-corrected chi connectivity index (χ2v) is 9.84. The van der Waals surface area contributed by atoms with Crippen molar-refractivity contribution in [1.29, 1.82) is 0 Å². The molecule has 1 unspecified atom stereocenters. The van der Waals surface area contributed by atoms with E-state index >= 15 is 0 Å². The van der Waals surface area contributed by atoms with E-state index in [-0.39, 0.29) is 5.91 Å². The third kappa shape index (κ3) is 5.65. The maximum absolute atomic E-state index is 12.8. The Labute approximate surface area is 192 Å². The minimum atomic E-state index is -0.526. The van der Waals surface area contributed by atoms with Gasteiger partial charge in [0.2, 0.25) is 5.91 Å². The fraction of sp³-hybridized carbons (Fsp3) is 0.640. The van der Waals surface area contributed by atoms with Gasteiger partial charge in [0, 0.05) is 30.8 Å². The molecular weight excluding hydrogens is 404 g/mol. The van der Waals surface area contributed by atoms with E-state index in [1.807, 2.05) is 18.2 Å². The van der Waals surface area contributed by atoms with E-state index in [4.69, 9.17) is 17.2 Å². The van der Waals surface area contributed by atoms with Gasteiger partial charge in [0.1, 0.15) is 10.8 Å². The highest BCUT2D eigenvalue weighted by Gasteiger charge is 2.29. The number of carbonyl (C=O) groups excluding carboxylic acids is 1. The highest BCUT2D eigenvalue weighted by atomic mass is 32.1. The number of amides is 1. The summed E-state index contributed by atoms with van der Waals surface area (Å²) in [5.74, 6) is 1.67. The molecule has 4 rings (SSSR count). The average Bonchev–Trinajstić information content (AvgIpc) is 2.95. The molecule has 0 saturated heterocycles. The molecule has 5 nitrogen and oxygen atoms in total. The predicted molar refractivity (Wildman–Crippen MR) is 132 cm³/mol. The number of amidine groups is 1. The number of anilines is 1. The van der Waals surface area contributed by atoms with Gasteiger partial charge in [-0.25, -0.2) is 4.99 Å². The molecule has 1 aromatic carbocycles. The fourth-order valence-electron chi connectivity index (χ4n) is 5.29. The van der Waals surface area contributed by atoms with Crippen molar-refractivity contribution >= 4 is 34.6 Å². The molecule has 1 heterocycles. The summed E-state index contributed by atoms with van der Waals surface area (Å²) in [5.41, 5.74) is 2.02. The van der Waals surface area contributed by atoms with Crippen molar-refractivity contribution in [3.8, 4) is 0 Å². The molecule has 0 radical (unpaired) electrons. The molecule has 0 bridgehead atoms. The third-order valence-electron chi connectivity index (χ3n) is 7.18. The van der Waals surface area contributed by atoms with Crippen molar-refractivity contribution in [2.45, 2.75) is 89.3 Å². The summed E-state index contributed by atoms with van der Waals surface area (Å²) in [6.07, 6.45) is 13.7. The first-order chi connectivity index (χ1) is 15.1. The van der Waals surface area contributed by atoms with Crippen molar-refractivity contribution in [2.75, 3.05) is 12.4 Å². The van der Waals surface area contributed by atoms with E-state index in [2.05, 4.69) is 28.6 Å². The Morgan fingerprint density at radius 3 is 2.52 bits per heavy atom. The molecule has 2 aliphatic carbocycles. The first kappa shape index (κ1) is 22.3. The second kappa shape index (κ2) is 10.6. The summed E-state index contributed by atoms with van der Waals surface area (Å²) >= 11 is 5.66. The van der Waals surface area contributed by atoms with Gasteiger partial charge >= 0.3 is 0 Å². The van der Waals surface area contributed by atoms with Crippen LogP contribution in [0.3, 0.4) is 0 Å². The van der Waals surface area contributed by atoms with E-state index in [1.54, 1.807) is 0 Å². The number of nitrogens with one attached hydrogen (secondary N) is 2. The number of thiocarbonyl (C=S) groups is 1. The van der Waals surface area contributed by atoms with Crippen LogP contribution in [-0.2, 0) is 4.79 Å². The monoisotopic (exact) mass is 440 g/mol. The Kier molecular flexibility index (Phi) is 7.59. The number of para-hydroxylation sites is 1. The number of fused-ring (bicyclic) bond motifs is 1. The van der Waals surface area contributed by atoms with Gasteiger partial charge < -0.3 is 15.5 Å². The van der Waals surface area contributed by atoms with Gasteiger partial charge in [-0.1, -0.05) is 75.7 Å². The first-order valence-electron chi connectivity index (χ1n) is 12.1. The van der Waals surface area contributed by atoms with Gasteiger partial charge in [0.25, 0.3) is 0 Å². The minimum Gasteiger partial charge on any atom is -0.356 e. The highest BCUT2D eigenvalue weighted by molar-refractivity contribution is 7.80. The molecule has 31 heavy (non-hydrogen) atoms. The van der Waals surface area contributed by atoms with Gasteiger partial charge in [-0.15, -0.1) is 0 Å². The summed E-state index contributed by atoms with van der Waals surface area (Å²) in [7, 11) is 2.14. The lowest BCUT2D eigenvalue weighted by Gasteiger charge is -2.34. The Morgan fingerprint density at radius 2 is 1.77 bits per heavy atom. The van der Waals surface area contributed by atoms with Crippen LogP contribution in [-0.4, -0.2) is 40.9 Å². The quantitative estimate of drug-likeness (QED) is 0.614. The number of hydrogen-bond acceptors (Lipinski definition) is 4. The average molecular weight is 441 g/mol. The summed E-state index contributed by atoms with van der Waals surface area (Å²) < 4.78 is 0. The lowest BCUT2D eigenvalue weighted by atomic mass is 9.86. The standard InChI is InChI=1S/C25H36N4OS/c1-29(19-12-6-3-7-13-19)24-20-14-8-9-15-21(20)26-25(31)23(28-24)27-22(30)17-16-18-10-4-2-5-11-18/h8-9,14-15,18-19,23H,2-7,10-13,16-17H2,1H3,(H,26,31)(H,27,30). The molecule has 1 aliphatic heterocycles. The van der Waals surface area contributed by atoms with Crippen LogP contribution in [0.2, 0.25) is 0 Å². The van der Waals surface area contributed by atoms with Crippen molar-refractivity contribution in [2.24, 2.45) is 10.9 Å². The van der Waals surface area contributed by atoms with Crippen LogP contribution in [0.25, 0.3) is 0 Å². The Bertz CT molecular complexity index is 811. The number of aliphatic imine (C=N–C) groups is 1. The molecule has 3 aliphatic rings. The van der Waals surface area contributed by atoms with Crippen LogP contribution in [0, 0.1) is 5.92 Å². The molecule has 0 spiro atoms. The zero-order valence-electron chi connectivity index (χ0n) is 18.7. The Balaban J connectivity index is 1.50. The topological polar surface area (TPSA) is 56.7 Å². The zero-order chi connectivity index (χ0) is 21.6. The predicted octanol–water partition coefficient (Wildman–Crippen LogP) is 5.25. The number of rotatable bonds is 5. The number of carbonyl (C=O) groups is 1. The van der Waals surface area contributed by atoms with E-state index < -0.39 is 6.17 Å². The first-order valence-corrected chi connectivity index (χ1v) is 12.5. The molecular formula is C25H36N4OS. The number of benzene rings is 1. The molecule has 1 atom stereocenters. The highest BCUT2D eigenvalue weighted by Crippen LogP contribution is 2.29. The SMILES string of the molecule is CN(C1=NC(NC(=O)CCC2CCCCC2)C(=S)Nc2ccccc21)C1CCCCC1. The lowest BCUT2D eigenvalue weighted by Crippen LogP contribution is -2.43. The molecule has 1 aromatic rings. The van der Waals surface area contributed by atoms with Crippen LogP contribution in [0.15, 0.2) is 29.3 Å². The van der Waals surface area contributed by atoms with E-state index in [0.29, 0.717) is 23.4 Å². The summed E-state index contributed by atoms with van der Waals surface area (Å²) in [4.78, 5) is 20.7. The van der Waals surface area contributed by atoms with Gasteiger partial charge in [-0.05, 0) is 37.3 Å². The van der Waals surface area contributed by atoms with Crippen LogP contribution in [0.1, 0.15) is 82.6 Å². The summed E-state index contributed by atoms with van der Waals surface area (Å²) in [6.45, 7) is 0. The largest absolute Gasteiger partial charge is 0.356 e. The van der Waals surface area contributed by atoms with Crippen LogP contribution < -0.4 is 10.6 Å². The normalized spacial score (nSPS) is 22.7. The van der Waals surface area contributed by atoms with E-state index in [0.717, 1.165) is 23.5 Å². The van der Waals surface area contributed by atoms with Crippen LogP contribution in [0.5, 0.6) is 0 Å². The number of nitrogens with zero attached hydrogens (tertiary/aromatic N) is 2. The van der Waals surface area contributed by atoms with Crippen molar-refractivity contribution in [3.63, 3.8) is 0 Å². The Hall–Kier alpha value is -1.95. The number of benzodiazepines with no additional fused rings is 1. The van der Waals surface area contributed by atoms with Crippen molar-refractivity contribution in [3.05, 3.63) is 29.8 Å². The van der Waals surface area contributed by atoms with E-state index in [1.165, 1.54) is 64.2 Å². The van der Waals surface area contributed by atoms with Crippen LogP contribution in [0.4, 0.5) is 5.69 Å². The van der Waals surface area contributed by atoms with Crippen molar-refractivity contribution < 1.29 is 4.79 Å². The Morgan fingerprint density at radius 1 is 1.10 bits per heavy atom. The summed E-state index contributed by atoms with van der Waals surface area (Å²) in [6, 6.07) is 8.66.